The molecule has 0 saturated heterocycles. The van der Waals surface area contributed by atoms with Crippen LogP contribution in [0.1, 0.15) is 31.1 Å². The smallest absolute Gasteiger partial charge is 0.254 e. The topological polar surface area (TPSA) is 116 Å². The third-order valence-corrected chi connectivity index (χ3v) is 6.93. The standard InChI is InChI=1S/C29H28N4O4S/c1-4-36-21-13-11-20(12-14-21)32-25(34)17-38-29-22(16-30)27(24-10-7-15-37-24)26(19(3)31-29)28(35)33-23-9-6-5-8-18(23)2/h5-15,27,31H,4,17H2,1-3H3,(H,32,34)(H,33,35)/t27-/m1/s1. The maximum absolute atomic E-state index is 13.5. The zero-order valence-corrected chi connectivity index (χ0v) is 22.1. The Morgan fingerprint density at radius 3 is 2.50 bits per heavy atom. The van der Waals surface area contributed by atoms with Crippen LogP contribution in [0.15, 0.2) is 93.2 Å². The number of hydrogen-bond acceptors (Lipinski definition) is 7. The first-order valence-corrected chi connectivity index (χ1v) is 13.1. The molecule has 3 N–H and O–H groups in total. The Labute approximate surface area is 225 Å². The quantitative estimate of drug-likeness (QED) is 0.326. The molecule has 8 nitrogen and oxygen atoms in total. The van der Waals surface area contributed by atoms with Gasteiger partial charge < -0.3 is 25.1 Å². The Morgan fingerprint density at radius 1 is 1.08 bits per heavy atom. The summed E-state index contributed by atoms with van der Waals surface area (Å²) in [5.41, 5.74) is 3.51. The van der Waals surface area contributed by atoms with Crippen molar-refractivity contribution in [1.82, 2.24) is 5.32 Å². The lowest BCUT2D eigenvalue weighted by Crippen LogP contribution is -2.31. The summed E-state index contributed by atoms with van der Waals surface area (Å²) < 4.78 is 11.1. The number of thioether (sulfide) groups is 1. The number of anilines is 2. The van der Waals surface area contributed by atoms with Gasteiger partial charge in [0, 0.05) is 17.1 Å². The van der Waals surface area contributed by atoms with E-state index in [1.54, 1.807) is 43.3 Å². The number of carbonyl (C=O) groups is 2. The Morgan fingerprint density at radius 2 is 1.84 bits per heavy atom. The van der Waals surface area contributed by atoms with E-state index in [2.05, 4.69) is 22.0 Å². The summed E-state index contributed by atoms with van der Waals surface area (Å²) in [5.74, 6) is -0.0422. The monoisotopic (exact) mass is 528 g/mol. The van der Waals surface area contributed by atoms with Gasteiger partial charge in [0.05, 0.1) is 46.8 Å². The zero-order valence-electron chi connectivity index (χ0n) is 21.3. The van der Waals surface area contributed by atoms with Crippen molar-refractivity contribution in [2.75, 3.05) is 23.0 Å². The Balaban J connectivity index is 1.54. The molecule has 1 aliphatic heterocycles. The number of amides is 2. The van der Waals surface area contributed by atoms with Gasteiger partial charge in [0.25, 0.3) is 5.91 Å². The van der Waals surface area contributed by atoms with Crippen LogP contribution in [-0.4, -0.2) is 24.2 Å². The van der Waals surface area contributed by atoms with Crippen LogP contribution in [0.25, 0.3) is 0 Å². The van der Waals surface area contributed by atoms with Gasteiger partial charge in [-0.3, -0.25) is 9.59 Å². The molecule has 0 bridgehead atoms. The van der Waals surface area contributed by atoms with Crippen LogP contribution >= 0.6 is 11.8 Å². The van der Waals surface area contributed by atoms with Crippen molar-refractivity contribution in [1.29, 1.82) is 5.26 Å². The number of rotatable bonds is 9. The molecule has 1 atom stereocenters. The van der Waals surface area contributed by atoms with Crippen LogP contribution < -0.4 is 20.7 Å². The number of nitrogens with zero attached hydrogens (tertiary/aromatic N) is 1. The molecule has 9 heteroatoms. The number of para-hydroxylation sites is 1. The van der Waals surface area contributed by atoms with Gasteiger partial charge >= 0.3 is 0 Å². The van der Waals surface area contributed by atoms with Crippen molar-refractivity contribution >= 4 is 35.0 Å². The minimum Gasteiger partial charge on any atom is -0.494 e. The first-order chi connectivity index (χ1) is 18.4. The molecular formula is C29H28N4O4S. The van der Waals surface area contributed by atoms with Crippen LogP contribution in [0.2, 0.25) is 0 Å². The highest BCUT2D eigenvalue weighted by atomic mass is 32.2. The van der Waals surface area contributed by atoms with E-state index in [1.165, 1.54) is 18.0 Å². The summed E-state index contributed by atoms with van der Waals surface area (Å²) in [5, 5.41) is 19.6. The third-order valence-electron chi connectivity index (χ3n) is 5.91. The average Bonchev–Trinajstić information content (AvgIpc) is 3.44. The number of nitrogens with one attached hydrogen (secondary N) is 3. The first-order valence-electron chi connectivity index (χ1n) is 12.1. The molecule has 0 unspecified atom stereocenters. The van der Waals surface area contributed by atoms with Crippen molar-refractivity contribution in [2.24, 2.45) is 0 Å². The number of furan rings is 1. The predicted molar refractivity (Wildman–Crippen MR) is 148 cm³/mol. The van der Waals surface area contributed by atoms with E-state index in [4.69, 9.17) is 9.15 Å². The zero-order chi connectivity index (χ0) is 27.1. The van der Waals surface area contributed by atoms with Gasteiger partial charge in [0.15, 0.2) is 0 Å². The molecule has 0 saturated carbocycles. The molecule has 4 rings (SSSR count). The van der Waals surface area contributed by atoms with E-state index in [0.29, 0.717) is 45.6 Å². The molecular weight excluding hydrogens is 500 g/mol. The third kappa shape index (κ3) is 6.10. The van der Waals surface area contributed by atoms with Crippen LogP contribution in [-0.2, 0) is 9.59 Å². The molecule has 0 aliphatic carbocycles. The van der Waals surface area contributed by atoms with E-state index in [1.807, 2.05) is 38.1 Å². The highest BCUT2D eigenvalue weighted by Gasteiger charge is 2.36. The predicted octanol–water partition coefficient (Wildman–Crippen LogP) is 5.69. The van der Waals surface area contributed by atoms with E-state index in [0.717, 1.165) is 11.3 Å². The average molecular weight is 529 g/mol. The molecule has 2 aromatic carbocycles. The molecule has 2 amide bonds. The first kappa shape index (κ1) is 26.6. The lowest BCUT2D eigenvalue weighted by Gasteiger charge is -2.28. The van der Waals surface area contributed by atoms with Gasteiger partial charge in [0.1, 0.15) is 11.5 Å². The molecule has 194 valence electrons. The molecule has 0 spiro atoms. The van der Waals surface area contributed by atoms with Gasteiger partial charge in [-0.1, -0.05) is 30.0 Å². The van der Waals surface area contributed by atoms with Gasteiger partial charge in [-0.2, -0.15) is 5.26 Å². The molecule has 38 heavy (non-hydrogen) atoms. The van der Waals surface area contributed by atoms with E-state index < -0.39 is 5.92 Å². The number of benzene rings is 2. The second kappa shape index (κ2) is 12.2. The largest absolute Gasteiger partial charge is 0.494 e. The van der Waals surface area contributed by atoms with E-state index in [-0.39, 0.29) is 17.6 Å². The molecule has 1 aromatic heterocycles. The number of ether oxygens (including phenoxy) is 1. The summed E-state index contributed by atoms with van der Waals surface area (Å²) >= 11 is 1.20. The highest BCUT2D eigenvalue weighted by molar-refractivity contribution is 8.03. The molecule has 0 fully saturated rings. The summed E-state index contributed by atoms with van der Waals surface area (Å²) in [4.78, 5) is 26.1. The van der Waals surface area contributed by atoms with E-state index in [9.17, 15) is 14.9 Å². The maximum Gasteiger partial charge on any atom is 0.254 e. The number of nitriles is 1. The normalized spacial score (nSPS) is 14.9. The van der Waals surface area contributed by atoms with Crippen LogP contribution in [0.3, 0.4) is 0 Å². The van der Waals surface area contributed by atoms with Crippen molar-refractivity contribution < 1.29 is 18.7 Å². The second-order valence-electron chi connectivity index (χ2n) is 8.53. The van der Waals surface area contributed by atoms with Gasteiger partial charge in [0.2, 0.25) is 5.91 Å². The van der Waals surface area contributed by atoms with Crippen molar-refractivity contribution in [2.45, 2.75) is 26.7 Å². The second-order valence-corrected chi connectivity index (χ2v) is 9.52. The lowest BCUT2D eigenvalue weighted by molar-refractivity contribution is -0.114. The molecule has 2 heterocycles. The summed E-state index contributed by atoms with van der Waals surface area (Å²) in [6.45, 7) is 6.16. The fourth-order valence-corrected chi connectivity index (χ4v) is 5.00. The summed E-state index contributed by atoms with van der Waals surface area (Å²) in [6, 6.07) is 20.3. The lowest BCUT2D eigenvalue weighted by atomic mass is 9.85. The Hall–Kier alpha value is -4.42. The SMILES string of the molecule is CCOc1ccc(NC(=O)CSC2=C(C#N)[C@H](c3ccco3)C(C(=O)Nc3ccccc3C)=C(C)N2)cc1. The summed E-state index contributed by atoms with van der Waals surface area (Å²) in [6.07, 6.45) is 1.51. The Bertz CT molecular complexity index is 1420. The Kier molecular flexibility index (Phi) is 8.56. The fraction of sp³-hybridized carbons (Fsp3) is 0.207. The van der Waals surface area contributed by atoms with Crippen molar-refractivity contribution in [3.05, 3.63) is 100 Å². The number of dihydropyridines is 1. The van der Waals surface area contributed by atoms with Crippen molar-refractivity contribution in [3.63, 3.8) is 0 Å². The summed E-state index contributed by atoms with van der Waals surface area (Å²) in [7, 11) is 0. The minimum absolute atomic E-state index is 0.0591. The number of aryl methyl sites for hydroxylation is 1. The minimum atomic E-state index is -0.725. The molecule has 3 aromatic rings. The van der Waals surface area contributed by atoms with Crippen molar-refractivity contribution in [3.8, 4) is 11.8 Å². The van der Waals surface area contributed by atoms with Gasteiger partial charge in [-0.05, 0) is 68.8 Å². The highest BCUT2D eigenvalue weighted by Crippen LogP contribution is 2.41. The van der Waals surface area contributed by atoms with Crippen LogP contribution in [0.5, 0.6) is 5.75 Å². The molecule has 0 radical (unpaired) electrons. The number of carbonyl (C=O) groups excluding carboxylic acids is 2. The fourth-order valence-electron chi connectivity index (χ4n) is 4.11. The number of hydrogen-bond donors (Lipinski definition) is 3. The van der Waals surface area contributed by atoms with Crippen LogP contribution in [0.4, 0.5) is 11.4 Å². The van der Waals surface area contributed by atoms with Gasteiger partial charge in [-0.15, -0.1) is 0 Å². The molecule has 1 aliphatic rings. The maximum atomic E-state index is 13.5. The van der Waals surface area contributed by atoms with Gasteiger partial charge in [-0.25, -0.2) is 0 Å². The van der Waals surface area contributed by atoms with Crippen LogP contribution in [0, 0.1) is 18.3 Å². The van der Waals surface area contributed by atoms with E-state index >= 15 is 0 Å². The number of allylic oxidation sites excluding steroid dienone is 2.